The molecule has 1 aliphatic rings. The summed E-state index contributed by atoms with van der Waals surface area (Å²) >= 11 is 0. The molecule has 0 amide bonds. The number of nitrogens with zero attached hydrogens (tertiary/aromatic N) is 3. The maximum Gasteiger partial charge on any atom is 0.0312 e. The third-order valence-electron chi connectivity index (χ3n) is 4.43. The van der Waals surface area contributed by atoms with E-state index in [1.165, 1.54) is 16.7 Å². The van der Waals surface area contributed by atoms with Crippen LogP contribution in [0.2, 0.25) is 0 Å². The topological polar surface area (TPSA) is 19.4 Å². The zero-order valence-corrected chi connectivity index (χ0v) is 13.4. The van der Waals surface area contributed by atoms with Crippen molar-refractivity contribution < 1.29 is 0 Å². The van der Waals surface area contributed by atoms with Crippen molar-refractivity contribution in [3.63, 3.8) is 0 Å². The summed E-state index contributed by atoms with van der Waals surface area (Å²) < 4.78 is 0. The molecule has 0 N–H and O–H groups in total. The molecule has 3 heteroatoms. The first kappa shape index (κ1) is 15.2. The standard InChI is InChI=1S/C19H25N3/c1-2-17-5-7-18(8-6-17)15-21-10-12-22(13-11-21)16-19-4-3-9-20-14-19/h3-9,14H,2,10-13,15-16H2,1H3. The lowest BCUT2D eigenvalue weighted by atomic mass is 10.1. The Balaban J connectivity index is 1.47. The van der Waals surface area contributed by atoms with Gasteiger partial charge in [0.25, 0.3) is 0 Å². The molecule has 0 spiro atoms. The molecule has 0 saturated carbocycles. The third kappa shape index (κ3) is 4.15. The molecular formula is C19H25N3. The lowest BCUT2D eigenvalue weighted by molar-refractivity contribution is 0.122. The van der Waals surface area contributed by atoms with E-state index >= 15 is 0 Å². The second kappa shape index (κ2) is 7.52. The van der Waals surface area contributed by atoms with Crippen LogP contribution in [-0.2, 0) is 19.5 Å². The van der Waals surface area contributed by atoms with Gasteiger partial charge in [-0.25, -0.2) is 0 Å². The first-order valence-electron chi connectivity index (χ1n) is 8.25. The van der Waals surface area contributed by atoms with Crippen LogP contribution < -0.4 is 0 Å². The Kier molecular flexibility index (Phi) is 5.20. The lowest BCUT2D eigenvalue weighted by Gasteiger charge is -2.34. The fraction of sp³-hybridized carbons (Fsp3) is 0.421. The fourth-order valence-electron chi connectivity index (χ4n) is 2.99. The molecule has 1 aromatic carbocycles. The first-order chi connectivity index (χ1) is 10.8. The van der Waals surface area contributed by atoms with E-state index in [0.29, 0.717) is 0 Å². The van der Waals surface area contributed by atoms with Crippen LogP contribution in [0.25, 0.3) is 0 Å². The van der Waals surface area contributed by atoms with E-state index < -0.39 is 0 Å². The molecule has 0 unspecified atom stereocenters. The summed E-state index contributed by atoms with van der Waals surface area (Å²) in [6, 6.07) is 13.3. The van der Waals surface area contributed by atoms with Gasteiger partial charge in [-0.3, -0.25) is 14.8 Å². The Morgan fingerprint density at radius 2 is 1.41 bits per heavy atom. The normalized spacial score (nSPS) is 16.8. The van der Waals surface area contributed by atoms with E-state index in [1.54, 1.807) is 0 Å². The minimum Gasteiger partial charge on any atom is -0.297 e. The van der Waals surface area contributed by atoms with Gasteiger partial charge in [-0.15, -0.1) is 0 Å². The smallest absolute Gasteiger partial charge is 0.0312 e. The number of piperazine rings is 1. The van der Waals surface area contributed by atoms with E-state index in [2.05, 4.69) is 52.0 Å². The van der Waals surface area contributed by atoms with Crippen molar-refractivity contribution in [1.82, 2.24) is 14.8 Å². The van der Waals surface area contributed by atoms with Crippen LogP contribution >= 0.6 is 0 Å². The maximum atomic E-state index is 4.20. The zero-order chi connectivity index (χ0) is 15.2. The van der Waals surface area contributed by atoms with Crippen LogP contribution in [-0.4, -0.2) is 41.0 Å². The highest BCUT2D eigenvalue weighted by Crippen LogP contribution is 2.12. The Hall–Kier alpha value is -1.71. The van der Waals surface area contributed by atoms with Gasteiger partial charge < -0.3 is 0 Å². The summed E-state index contributed by atoms with van der Waals surface area (Å²) in [6.45, 7) is 8.88. The molecule has 0 atom stereocenters. The molecule has 22 heavy (non-hydrogen) atoms. The largest absolute Gasteiger partial charge is 0.297 e. The molecule has 1 fully saturated rings. The van der Waals surface area contributed by atoms with E-state index in [1.807, 2.05) is 18.5 Å². The summed E-state index contributed by atoms with van der Waals surface area (Å²) in [5, 5.41) is 0. The van der Waals surface area contributed by atoms with Gasteiger partial charge in [0, 0.05) is 51.7 Å². The second-order valence-corrected chi connectivity index (χ2v) is 6.08. The summed E-state index contributed by atoms with van der Waals surface area (Å²) in [5.74, 6) is 0. The van der Waals surface area contributed by atoms with E-state index in [-0.39, 0.29) is 0 Å². The molecule has 3 nitrogen and oxygen atoms in total. The van der Waals surface area contributed by atoms with E-state index in [4.69, 9.17) is 0 Å². The van der Waals surface area contributed by atoms with Crippen molar-refractivity contribution in [3.05, 3.63) is 65.5 Å². The van der Waals surface area contributed by atoms with Gasteiger partial charge in [0.2, 0.25) is 0 Å². The lowest BCUT2D eigenvalue weighted by Crippen LogP contribution is -2.45. The monoisotopic (exact) mass is 295 g/mol. The van der Waals surface area contributed by atoms with Gasteiger partial charge in [0.05, 0.1) is 0 Å². The van der Waals surface area contributed by atoms with Crippen LogP contribution in [0.4, 0.5) is 0 Å². The summed E-state index contributed by atoms with van der Waals surface area (Å²) in [7, 11) is 0. The minimum absolute atomic E-state index is 1.02. The third-order valence-corrected chi connectivity index (χ3v) is 4.43. The van der Waals surface area contributed by atoms with Crippen molar-refractivity contribution in [3.8, 4) is 0 Å². The maximum absolute atomic E-state index is 4.20. The molecule has 0 bridgehead atoms. The molecule has 0 aliphatic carbocycles. The molecule has 1 saturated heterocycles. The van der Waals surface area contributed by atoms with Crippen LogP contribution in [0.15, 0.2) is 48.8 Å². The Morgan fingerprint density at radius 3 is 1.95 bits per heavy atom. The summed E-state index contributed by atoms with van der Waals surface area (Å²) in [6.07, 6.45) is 4.93. The molecule has 2 aromatic rings. The molecular weight excluding hydrogens is 270 g/mol. The number of rotatable bonds is 5. The average Bonchev–Trinajstić information content (AvgIpc) is 2.58. The number of hydrogen-bond donors (Lipinski definition) is 0. The fourth-order valence-corrected chi connectivity index (χ4v) is 2.99. The van der Waals surface area contributed by atoms with Gasteiger partial charge in [-0.1, -0.05) is 37.3 Å². The van der Waals surface area contributed by atoms with Gasteiger partial charge >= 0.3 is 0 Å². The van der Waals surface area contributed by atoms with Crippen molar-refractivity contribution in [2.75, 3.05) is 26.2 Å². The van der Waals surface area contributed by atoms with Crippen molar-refractivity contribution in [1.29, 1.82) is 0 Å². The Morgan fingerprint density at radius 1 is 0.818 bits per heavy atom. The number of aryl methyl sites for hydroxylation is 1. The van der Waals surface area contributed by atoms with Crippen LogP contribution in [0, 0.1) is 0 Å². The Labute approximate surface area is 133 Å². The van der Waals surface area contributed by atoms with Crippen molar-refractivity contribution in [2.24, 2.45) is 0 Å². The highest BCUT2D eigenvalue weighted by atomic mass is 15.3. The molecule has 1 aromatic heterocycles. The Bertz CT molecular complexity index is 557. The number of aromatic nitrogens is 1. The molecule has 2 heterocycles. The number of pyridine rings is 1. The predicted molar refractivity (Wildman–Crippen MR) is 90.6 cm³/mol. The van der Waals surface area contributed by atoms with Gasteiger partial charge in [0.15, 0.2) is 0 Å². The SMILES string of the molecule is CCc1ccc(CN2CCN(Cc3cccnc3)CC2)cc1. The van der Waals surface area contributed by atoms with Crippen LogP contribution in [0.3, 0.4) is 0 Å². The second-order valence-electron chi connectivity index (χ2n) is 6.08. The van der Waals surface area contributed by atoms with E-state index in [9.17, 15) is 0 Å². The highest BCUT2D eigenvalue weighted by molar-refractivity contribution is 5.22. The summed E-state index contributed by atoms with van der Waals surface area (Å²) in [4.78, 5) is 9.28. The minimum atomic E-state index is 1.02. The van der Waals surface area contributed by atoms with E-state index in [0.717, 1.165) is 45.7 Å². The molecule has 1 aliphatic heterocycles. The molecule has 0 radical (unpaired) electrons. The number of benzene rings is 1. The van der Waals surface area contributed by atoms with Gasteiger partial charge in [0.1, 0.15) is 0 Å². The van der Waals surface area contributed by atoms with Crippen LogP contribution in [0.1, 0.15) is 23.6 Å². The zero-order valence-electron chi connectivity index (χ0n) is 13.4. The highest BCUT2D eigenvalue weighted by Gasteiger charge is 2.17. The van der Waals surface area contributed by atoms with Crippen molar-refractivity contribution in [2.45, 2.75) is 26.4 Å². The molecule has 3 rings (SSSR count). The average molecular weight is 295 g/mol. The van der Waals surface area contributed by atoms with Gasteiger partial charge in [-0.2, -0.15) is 0 Å². The number of hydrogen-bond acceptors (Lipinski definition) is 3. The van der Waals surface area contributed by atoms with Crippen LogP contribution in [0.5, 0.6) is 0 Å². The first-order valence-corrected chi connectivity index (χ1v) is 8.25. The summed E-state index contributed by atoms with van der Waals surface area (Å²) in [5.41, 5.74) is 4.16. The predicted octanol–water partition coefficient (Wildman–Crippen LogP) is 2.96. The van der Waals surface area contributed by atoms with Gasteiger partial charge in [-0.05, 0) is 29.2 Å². The quantitative estimate of drug-likeness (QED) is 0.845. The molecule has 116 valence electrons. The van der Waals surface area contributed by atoms with Crippen molar-refractivity contribution >= 4 is 0 Å².